The van der Waals surface area contributed by atoms with Gasteiger partial charge in [-0.25, -0.2) is 0 Å². The molecule has 0 aliphatic heterocycles. The first kappa shape index (κ1) is 21.9. The number of hydrogen-bond donors (Lipinski definition) is 0. The van der Waals surface area contributed by atoms with Crippen molar-refractivity contribution in [2.24, 2.45) is 0 Å². The van der Waals surface area contributed by atoms with Crippen LogP contribution in [-0.2, 0) is 24.6 Å². The van der Waals surface area contributed by atoms with E-state index in [0.29, 0.717) is 0 Å². The summed E-state index contributed by atoms with van der Waals surface area (Å²) in [6, 6.07) is 39.0. The molecule has 0 heterocycles. The van der Waals surface area contributed by atoms with Gasteiger partial charge in [0.2, 0.25) is 0 Å². The third-order valence-electron chi connectivity index (χ3n) is 5.78. The molecule has 0 atom stereocenters. The Morgan fingerprint density at radius 3 is 1.31 bits per heavy atom. The number of rotatable bonds is 9. The maximum Gasteiger partial charge on any atom is 0.276 e. The standard InChI is InChI=1S/C28H27NO2P/c30-29(31)28-19-11-10-18-27(28)23-32(20-24-12-4-1-5-13-24,21-25-14-6-2-7-15-25)22-26-16-8-3-9-17-26/h1-19H,20-23H2/q+1. The highest BCUT2D eigenvalue weighted by Gasteiger charge is 2.40. The van der Waals surface area contributed by atoms with Crippen molar-refractivity contribution in [2.75, 3.05) is 0 Å². The van der Waals surface area contributed by atoms with Gasteiger partial charge in [-0.15, -0.1) is 0 Å². The molecule has 4 rings (SSSR count). The molecule has 0 aliphatic rings. The van der Waals surface area contributed by atoms with Crippen LogP contribution in [0.5, 0.6) is 0 Å². The van der Waals surface area contributed by atoms with E-state index in [1.54, 1.807) is 12.1 Å². The monoisotopic (exact) mass is 440 g/mol. The van der Waals surface area contributed by atoms with Gasteiger partial charge in [-0.3, -0.25) is 10.1 Å². The Hall–Kier alpha value is -3.29. The summed E-state index contributed by atoms with van der Waals surface area (Å²) in [6.45, 7) is 0. The van der Waals surface area contributed by atoms with Crippen molar-refractivity contribution in [3.8, 4) is 0 Å². The lowest BCUT2D eigenvalue weighted by Gasteiger charge is -2.28. The van der Waals surface area contributed by atoms with Gasteiger partial charge in [0.05, 0.1) is 35.1 Å². The van der Waals surface area contributed by atoms with Crippen LogP contribution >= 0.6 is 7.26 Å². The lowest BCUT2D eigenvalue weighted by molar-refractivity contribution is -0.385. The van der Waals surface area contributed by atoms with E-state index in [-0.39, 0.29) is 10.6 Å². The number of nitrogens with zero attached hydrogens (tertiary/aromatic N) is 1. The molecule has 0 saturated carbocycles. The number of benzene rings is 4. The fraction of sp³-hybridized carbons (Fsp3) is 0.143. The SMILES string of the molecule is O=[N+]([O-])c1ccccc1C[P+](Cc1ccccc1)(Cc1ccccc1)Cc1ccccc1. The topological polar surface area (TPSA) is 43.1 Å². The molecule has 3 nitrogen and oxygen atoms in total. The summed E-state index contributed by atoms with van der Waals surface area (Å²) >= 11 is 0. The molecule has 0 N–H and O–H groups in total. The summed E-state index contributed by atoms with van der Waals surface area (Å²) in [4.78, 5) is 11.6. The molecule has 0 unspecified atom stereocenters. The number of para-hydroxylation sites is 1. The van der Waals surface area contributed by atoms with Gasteiger partial charge in [0.1, 0.15) is 0 Å². The summed E-state index contributed by atoms with van der Waals surface area (Å²) in [7, 11) is -1.75. The van der Waals surface area contributed by atoms with Crippen LogP contribution in [0.3, 0.4) is 0 Å². The molecule has 0 aromatic heterocycles. The van der Waals surface area contributed by atoms with Crippen LogP contribution in [0.25, 0.3) is 0 Å². The van der Waals surface area contributed by atoms with E-state index >= 15 is 0 Å². The zero-order chi connectivity index (χ0) is 22.2. The van der Waals surface area contributed by atoms with Gasteiger partial charge in [0.15, 0.2) is 0 Å². The van der Waals surface area contributed by atoms with Gasteiger partial charge in [0, 0.05) is 13.3 Å². The van der Waals surface area contributed by atoms with E-state index in [1.165, 1.54) is 16.7 Å². The molecule has 32 heavy (non-hydrogen) atoms. The quantitative estimate of drug-likeness (QED) is 0.152. The van der Waals surface area contributed by atoms with Crippen molar-refractivity contribution in [3.05, 3.63) is 148 Å². The third-order valence-corrected chi connectivity index (χ3v) is 9.90. The van der Waals surface area contributed by atoms with Crippen molar-refractivity contribution in [2.45, 2.75) is 24.6 Å². The Labute approximate surface area is 190 Å². The fourth-order valence-electron chi connectivity index (χ4n) is 4.43. The zero-order valence-electron chi connectivity index (χ0n) is 18.0. The van der Waals surface area contributed by atoms with E-state index < -0.39 is 7.26 Å². The minimum atomic E-state index is -1.75. The maximum absolute atomic E-state index is 11.8. The van der Waals surface area contributed by atoms with Gasteiger partial charge in [-0.1, -0.05) is 103 Å². The van der Waals surface area contributed by atoms with Crippen molar-refractivity contribution < 1.29 is 4.92 Å². The molecule has 0 saturated heterocycles. The Bertz CT molecular complexity index is 1050. The summed E-state index contributed by atoms with van der Waals surface area (Å²) in [6.07, 6.45) is 3.58. The fourth-order valence-corrected chi connectivity index (χ4v) is 9.05. The molecule has 0 amide bonds. The first-order valence-corrected chi connectivity index (χ1v) is 13.4. The molecule has 0 spiro atoms. The summed E-state index contributed by atoms with van der Waals surface area (Å²) in [5, 5.41) is 11.8. The highest BCUT2D eigenvalue weighted by molar-refractivity contribution is 7.72. The van der Waals surface area contributed by atoms with Crippen molar-refractivity contribution >= 4 is 12.9 Å². The highest BCUT2D eigenvalue weighted by Crippen LogP contribution is 2.69. The van der Waals surface area contributed by atoms with Crippen molar-refractivity contribution in [1.29, 1.82) is 0 Å². The minimum absolute atomic E-state index is 0.228. The second-order valence-corrected chi connectivity index (χ2v) is 12.3. The molecule has 4 aromatic carbocycles. The third kappa shape index (κ3) is 5.69. The van der Waals surface area contributed by atoms with Gasteiger partial charge in [0.25, 0.3) is 5.69 Å². The number of hydrogen-bond acceptors (Lipinski definition) is 2. The maximum atomic E-state index is 11.8. The largest absolute Gasteiger partial charge is 0.276 e. The van der Waals surface area contributed by atoms with E-state index in [9.17, 15) is 10.1 Å². The van der Waals surface area contributed by atoms with Gasteiger partial charge >= 0.3 is 0 Å². The van der Waals surface area contributed by atoms with Gasteiger partial charge in [-0.2, -0.15) is 0 Å². The predicted molar refractivity (Wildman–Crippen MR) is 134 cm³/mol. The molecule has 160 valence electrons. The van der Waals surface area contributed by atoms with Crippen LogP contribution < -0.4 is 0 Å². The Morgan fingerprint density at radius 1 is 0.531 bits per heavy atom. The van der Waals surface area contributed by atoms with Gasteiger partial charge in [-0.05, 0) is 22.8 Å². The minimum Gasteiger partial charge on any atom is -0.258 e. The average molecular weight is 441 g/mol. The van der Waals surface area contributed by atoms with Crippen LogP contribution in [0.15, 0.2) is 115 Å². The first-order chi connectivity index (χ1) is 15.6. The van der Waals surface area contributed by atoms with Gasteiger partial charge < -0.3 is 0 Å². The summed E-state index contributed by atoms with van der Waals surface area (Å²) in [5.41, 5.74) is 4.96. The van der Waals surface area contributed by atoms with Crippen LogP contribution in [-0.4, -0.2) is 4.92 Å². The average Bonchev–Trinajstić information content (AvgIpc) is 2.81. The molecular weight excluding hydrogens is 413 g/mol. The van der Waals surface area contributed by atoms with Crippen molar-refractivity contribution in [1.82, 2.24) is 0 Å². The molecule has 0 bridgehead atoms. The van der Waals surface area contributed by atoms with E-state index in [2.05, 4.69) is 72.8 Å². The van der Waals surface area contributed by atoms with Crippen LogP contribution in [0.2, 0.25) is 0 Å². The van der Waals surface area contributed by atoms with Crippen LogP contribution in [0.4, 0.5) is 5.69 Å². The van der Waals surface area contributed by atoms with Crippen LogP contribution in [0, 0.1) is 10.1 Å². The van der Waals surface area contributed by atoms with E-state index in [4.69, 9.17) is 0 Å². The lowest BCUT2D eigenvalue weighted by atomic mass is 10.2. The first-order valence-electron chi connectivity index (χ1n) is 10.8. The second kappa shape index (κ2) is 10.3. The molecule has 0 aliphatic carbocycles. The summed E-state index contributed by atoms with van der Waals surface area (Å²) < 4.78 is 0. The second-order valence-electron chi connectivity index (χ2n) is 8.32. The normalized spacial score (nSPS) is 11.2. The number of nitro groups is 1. The Balaban J connectivity index is 1.81. The molecular formula is C28H27NO2P+. The molecule has 4 aromatic rings. The number of nitro benzene ring substituents is 1. The molecule has 0 radical (unpaired) electrons. The molecule has 0 fully saturated rings. The van der Waals surface area contributed by atoms with E-state index in [1.807, 2.05) is 30.3 Å². The Morgan fingerprint density at radius 2 is 0.906 bits per heavy atom. The Kier molecular flexibility index (Phi) is 7.09. The summed E-state index contributed by atoms with van der Waals surface area (Å²) in [5.74, 6) is 0. The lowest BCUT2D eigenvalue weighted by Crippen LogP contribution is -2.09. The predicted octanol–water partition coefficient (Wildman–Crippen LogP) is 7.71. The van der Waals surface area contributed by atoms with Crippen molar-refractivity contribution in [3.63, 3.8) is 0 Å². The van der Waals surface area contributed by atoms with Crippen LogP contribution in [0.1, 0.15) is 22.3 Å². The van der Waals surface area contributed by atoms with E-state index in [0.717, 1.165) is 30.2 Å². The highest BCUT2D eigenvalue weighted by atomic mass is 31.2. The zero-order valence-corrected chi connectivity index (χ0v) is 18.9. The molecule has 4 heteroatoms. The smallest absolute Gasteiger partial charge is 0.258 e.